The van der Waals surface area contributed by atoms with E-state index >= 15 is 0 Å². The van der Waals surface area contributed by atoms with Gasteiger partial charge in [-0.2, -0.15) is 0 Å². The van der Waals surface area contributed by atoms with Crippen LogP contribution < -0.4 is 4.90 Å². The second-order valence-corrected chi connectivity index (χ2v) is 5.02. The predicted octanol–water partition coefficient (Wildman–Crippen LogP) is 2.57. The molecule has 0 radical (unpaired) electrons. The minimum absolute atomic E-state index is 0.111. The summed E-state index contributed by atoms with van der Waals surface area (Å²) < 4.78 is 0. The van der Waals surface area contributed by atoms with Crippen molar-refractivity contribution in [1.82, 2.24) is 4.98 Å². The monoisotopic (exact) mass is 294 g/mol. The van der Waals surface area contributed by atoms with Crippen molar-refractivity contribution in [3.63, 3.8) is 0 Å². The molecule has 1 unspecified atom stereocenters. The van der Waals surface area contributed by atoms with Crippen molar-refractivity contribution in [2.45, 2.75) is 13.0 Å². The molecule has 2 aromatic rings. The molecular weight excluding hydrogens is 280 g/mol. The molecule has 0 saturated heterocycles. The van der Waals surface area contributed by atoms with Gasteiger partial charge in [0.05, 0.1) is 23.5 Å². The normalized spacial score (nSPS) is 18.0. The summed E-state index contributed by atoms with van der Waals surface area (Å²) >= 11 is 0. The van der Waals surface area contributed by atoms with E-state index in [4.69, 9.17) is 0 Å². The number of carbonyl (C=O) groups is 2. The lowest BCUT2D eigenvalue weighted by Gasteiger charge is -2.26. The van der Waals surface area contributed by atoms with Crippen molar-refractivity contribution in [1.29, 1.82) is 0 Å². The first-order chi connectivity index (χ1) is 10.6. The number of aromatic nitrogens is 1. The number of rotatable bonds is 3. The molecule has 2 heterocycles. The first kappa shape index (κ1) is 14.0. The third-order valence-corrected chi connectivity index (χ3v) is 3.63. The Morgan fingerprint density at radius 2 is 1.91 bits per heavy atom. The van der Waals surface area contributed by atoms with Gasteiger partial charge in [-0.3, -0.25) is 19.5 Å². The molecule has 0 spiro atoms. The van der Waals surface area contributed by atoms with E-state index in [2.05, 4.69) is 4.98 Å². The number of aliphatic hydroxyl groups is 1. The maximum absolute atomic E-state index is 12.4. The van der Waals surface area contributed by atoms with E-state index in [1.807, 2.05) is 30.3 Å². The fourth-order valence-corrected chi connectivity index (χ4v) is 2.68. The fraction of sp³-hybridized carbons (Fsp3) is 0.118. The Morgan fingerprint density at radius 3 is 2.50 bits per heavy atom. The van der Waals surface area contributed by atoms with Crippen LogP contribution in [0, 0.1) is 0 Å². The van der Waals surface area contributed by atoms with E-state index in [-0.39, 0.29) is 11.4 Å². The first-order valence-electron chi connectivity index (χ1n) is 6.84. The van der Waals surface area contributed by atoms with E-state index in [9.17, 15) is 14.7 Å². The van der Waals surface area contributed by atoms with Gasteiger partial charge in [0.1, 0.15) is 0 Å². The van der Waals surface area contributed by atoms with E-state index < -0.39 is 17.7 Å². The molecule has 1 amide bonds. The molecule has 5 nitrogen and oxygen atoms in total. The number of hydrogen-bond donors (Lipinski definition) is 1. The molecule has 0 aliphatic carbocycles. The molecule has 1 aromatic heterocycles. The van der Waals surface area contributed by atoms with Crippen LogP contribution in [0.3, 0.4) is 0 Å². The van der Waals surface area contributed by atoms with Crippen LogP contribution in [0.2, 0.25) is 0 Å². The number of anilines is 1. The second-order valence-electron chi connectivity index (χ2n) is 5.02. The number of aliphatic hydroxyl groups excluding tert-OH is 1. The van der Waals surface area contributed by atoms with Crippen LogP contribution in [-0.4, -0.2) is 21.8 Å². The SMILES string of the molecule is CC(=O)C1=C(O)C(=O)N(c2cccnc2)C1c1ccccc1. The molecule has 110 valence electrons. The number of nitrogens with zero attached hydrogens (tertiary/aromatic N) is 2. The first-order valence-corrected chi connectivity index (χ1v) is 6.84. The lowest BCUT2D eigenvalue weighted by atomic mass is 9.96. The summed E-state index contributed by atoms with van der Waals surface area (Å²) in [6, 6.07) is 11.9. The number of benzene rings is 1. The van der Waals surface area contributed by atoms with Crippen LogP contribution in [0.4, 0.5) is 5.69 Å². The maximum atomic E-state index is 12.4. The number of ketones is 1. The zero-order valence-electron chi connectivity index (χ0n) is 11.9. The largest absolute Gasteiger partial charge is 0.503 e. The highest BCUT2D eigenvalue weighted by Gasteiger charge is 2.43. The Bertz CT molecular complexity index is 754. The van der Waals surface area contributed by atoms with Crippen LogP contribution in [0.15, 0.2) is 66.2 Å². The second kappa shape index (κ2) is 5.44. The van der Waals surface area contributed by atoms with E-state index in [1.165, 1.54) is 18.0 Å². The number of amides is 1. The smallest absolute Gasteiger partial charge is 0.294 e. The summed E-state index contributed by atoms with van der Waals surface area (Å²) in [5.74, 6) is -1.41. The average molecular weight is 294 g/mol. The van der Waals surface area contributed by atoms with Gasteiger partial charge in [0, 0.05) is 6.20 Å². The Balaban J connectivity index is 2.18. The van der Waals surface area contributed by atoms with Crippen molar-refractivity contribution in [3.8, 4) is 0 Å². The highest BCUT2D eigenvalue weighted by molar-refractivity contribution is 6.16. The molecule has 0 saturated carbocycles. The molecule has 1 aliphatic rings. The summed E-state index contributed by atoms with van der Waals surface area (Å²) in [4.78, 5) is 29.8. The molecule has 3 rings (SSSR count). The van der Waals surface area contributed by atoms with Crippen LogP contribution in [0.1, 0.15) is 18.5 Å². The minimum atomic E-state index is -0.643. The standard InChI is InChI=1S/C17H14N2O3/c1-11(20)14-15(12-6-3-2-4-7-12)19(17(22)16(14)21)13-8-5-9-18-10-13/h2-10,15,21H,1H3. The number of Topliss-reactive ketones (excluding diaryl/α,β-unsaturated/α-hetero) is 1. The van der Waals surface area contributed by atoms with Gasteiger partial charge in [0.2, 0.25) is 0 Å². The molecule has 22 heavy (non-hydrogen) atoms. The van der Waals surface area contributed by atoms with Crippen molar-refractivity contribution >= 4 is 17.4 Å². The summed E-state index contributed by atoms with van der Waals surface area (Å²) in [6.07, 6.45) is 3.13. The van der Waals surface area contributed by atoms with Crippen LogP contribution in [0.5, 0.6) is 0 Å². The van der Waals surface area contributed by atoms with Gasteiger partial charge in [-0.1, -0.05) is 30.3 Å². The Morgan fingerprint density at radius 1 is 1.18 bits per heavy atom. The minimum Gasteiger partial charge on any atom is -0.503 e. The van der Waals surface area contributed by atoms with Crippen molar-refractivity contribution in [3.05, 3.63) is 71.8 Å². The molecular formula is C17H14N2O3. The Kier molecular flexibility index (Phi) is 3.47. The van der Waals surface area contributed by atoms with Crippen LogP contribution in [-0.2, 0) is 9.59 Å². The molecule has 1 N–H and O–H groups in total. The van der Waals surface area contributed by atoms with Gasteiger partial charge in [-0.05, 0) is 24.6 Å². The number of pyridine rings is 1. The van der Waals surface area contributed by atoms with Gasteiger partial charge >= 0.3 is 0 Å². The van der Waals surface area contributed by atoms with E-state index in [1.54, 1.807) is 18.3 Å². The zero-order chi connectivity index (χ0) is 15.7. The fourth-order valence-electron chi connectivity index (χ4n) is 2.68. The zero-order valence-corrected chi connectivity index (χ0v) is 11.9. The van der Waals surface area contributed by atoms with Crippen molar-refractivity contribution < 1.29 is 14.7 Å². The van der Waals surface area contributed by atoms with Gasteiger partial charge in [0.25, 0.3) is 5.91 Å². The maximum Gasteiger partial charge on any atom is 0.294 e. The quantitative estimate of drug-likeness (QED) is 0.944. The lowest BCUT2D eigenvalue weighted by Crippen LogP contribution is -2.30. The molecule has 1 atom stereocenters. The molecule has 1 aliphatic heterocycles. The third kappa shape index (κ3) is 2.16. The van der Waals surface area contributed by atoms with Crippen molar-refractivity contribution in [2.24, 2.45) is 0 Å². The van der Waals surface area contributed by atoms with E-state index in [0.29, 0.717) is 5.69 Å². The van der Waals surface area contributed by atoms with Crippen LogP contribution >= 0.6 is 0 Å². The molecule has 5 heteroatoms. The van der Waals surface area contributed by atoms with Gasteiger partial charge in [-0.15, -0.1) is 0 Å². The highest BCUT2D eigenvalue weighted by atomic mass is 16.3. The molecule has 0 bridgehead atoms. The van der Waals surface area contributed by atoms with Gasteiger partial charge in [0.15, 0.2) is 11.5 Å². The van der Waals surface area contributed by atoms with E-state index in [0.717, 1.165) is 5.56 Å². The Hall–Kier alpha value is -2.95. The summed E-state index contributed by atoms with van der Waals surface area (Å²) in [5, 5.41) is 10.1. The third-order valence-electron chi connectivity index (χ3n) is 3.63. The summed E-state index contributed by atoms with van der Waals surface area (Å²) in [7, 11) is 0. The lowest BCUT2D eigenvalue weighted by molar-refractivity contribution is -0.117. The summed E-state index contributed by atoms with van der Waals surface area (Å²) in [6.45, 7) is 1.35. The molecule has 0 fully saturated rings. The molecule has 1 aromatic carbocycles. The number of hydrogen-bond acceptors (Lipinski definition) is 4. The number of carbonyl (C=O) groups excluding carboxylic acids is 2. The predicted molar refractivity (Wildman–Crippen MR) is 81.2 cm³/mol. The average Bonchev–Trinajstić information content (AvgIpc) is 2.81. The van der Waals surface area contributed by atoms with Crippen LogP contribution in [0.25, 0.3) is 0 Å². The topological polar surface area (TPSA) is 70.5 Å². The van der Waals surface area contributed by atoms with Crippen molar-refractivity contribution in [2.75, 3.05) is 4.90 Å². The Labute approximate surface area is 127 Å². The highest BCUT2D eigenvalue weighted by Crippen LogP contribution is 2.40. The van der Waals surface area contributed by atoms with Gasteiger partial charge in [-0.25, -0.2) is 0 Å². The summed E-state index contributed by atoms with van der Waals surface area (Å²) in [5.41, 5.74) is 1.40. The van der Waals surface area contributed by atoms with Gasteiger partial charge < -0.3 is 5.11 Å².